The minimum atomic E-state index is 0.420. The molecule has 0 unspecified atom stereocenters. The van der Waals surface area contributed by atoms with Crippen LogP contribution in [0.5, 0.6) is 0 Å². The van der Waals surface area contributed by atoms with Crippen LogP contribution in [0.2, 0.25) is 0 Å². The molecule has 0 radical (unpaired) electrons. The second kappa shape index (κ2) is 5.23. The predicted octanol–water partition coefficient (Wildman–Crippen LogP) is 3.41. The lowest BCUT2D eigenvalue weighted by molar-refractivity contribution is 0.677. The van der Waals surface area contributed by atoms with E-state index in [0.717, 1.165) is 42.3 Å². The third-order valence-electron chi connectivity index (χ3n) is 4.17. The lowest BCUT2D eigenvalue weighted by atomic mass is 10.1. The SMILES string of the molecule is CCNc1nc(C2Cc3ccccc3C2)nc(C)c1C. The van der Waals surface area contributed by atoms with Crippen LogP contribution in [0.25, 0.3) is 0 Å². The zero-order valence-corrected chi connectivity index (χ0v) is 12.4. The summed E-state index contributed by atoms with van der Waals surface area (Å²) in [6, 6.07) is 8.68. The largest absolute Gasteiger partial charge is 0.370 e. The maximum absolute atomic E-state index is 4.77. The van der Waals surface area contributed by atoms with Crippen molar-refractivity contribution in [2.24, 2.45) is 0 Å². The van der Waals surface area contributed by atoms with Crippen LogP contribution in [-0.2, 0) is 12.8 Å². The molecule has 0 spiro atoms. The predicted molar refractivity (Wildman–Crippen MR) is 82.3 cm³/mol. The smallest absolute Gasteiger partial charge is 0.134 e. The van der Waals surface area contributed by atoms with Gasteiger partial charge in [0.1, 0.15) is 11.6 Å². The van der Waals surface area contributed by atoms with Gasteiger partial charge in [-0.2, -0.15) is 0 Å². The van der Waals surface area contributed by atoms with Crippen LogP contribution in [0.1, 0.15) is 41.1 Å². The number of rotatable bonds is 3. The van der Waals surface area contributed by atoms with Gasteiger partial charge in [-0.25, -0.2) is 9.97 Å². The van der Waals surface area contributed by atoms with E-state index in [1.807, 2.05) is 0 Å². The summed E-state index contributed by atoms with van der Waals surface area (Å²) in [5.74, 6) is 2.40. The van der Waals surface area contributed by atoms with Crippen LogP contribution in [0, 0.1) is 13.8 Å². The summed E-state index contributed by atoms with van der Waals surface area (Å²) >= 11 is 0. The van der Waals surface area contributed by atoms with Crippen molar-refractivity contribution in [3.05, 3.63) is 52.5 Å². The molecule has 1 heterocycles. The number of nitrogens with one attached hydrogen (secondary N) is 1. The standard InChI is InChI=1S/C17H21N3/c1-4-18-16-11(2)12(3)19-17(20-16)15-9-13-7-5-6-8-14(13)10-15/h5-8,15H,4,9-10H2,1-3H3,(H,18,19,20). The zero-order chi connectivity index (χ0) is 14.1. The van der Waals surface area contributed by atoms with Crippen LogP contribution < -0.4 is 5.32 Å². The normalized spacial score (nSPS) is 14.3. The summed E-state index contributed by atoms with van der Waals surface area (Å²) in [4.78, 5) is 9.50. The summed E-state index contributed by atoms with van der Waals surface area (Å²) in [6.45, 7) is 7.15. The maximum Gasteiger partial charge on any atom is 0.134 e. The fourth-order valence-corrected chi connectivity index (χ4v) is 2.91. The number of aromatic nitrogens is 2. The molecule has 1 aromatic heterocycles. The Kier molecular flexibility index (Phi) is 3.43. The van der Waals surface area contributed by atoms with Gasteiger partial charge in [-0.1, -0.05) is 24.3 Å². The topological polar surface area (TPSA) is 37.8 Å². The van der Waals surface area contributed by atoms with Crippen LogP contribution in [-0.4, -0.2) is 16.5 Å². The molecule has 1 aliphatic carbocycles. The lowest BCUT2D eigenvalue weighted by Gasteiger charge is -2.14. The van der Waals surface area contributed by atoms with Gasteiger partial charge >= 0.3 is 0 Å². The molecule has 0 aliphatic heterocycles. The highest BCUT2D eigenvalue weighted by Gasteiger charge is 2.25. The summed E-state index contributed by atoms with van der Waals surface area (Å²) in [5, 5.41) is 3.35. The first-order valence-electron chi connectivity index (χ1n) is 7.34. The van der Waals surface area contributed by atoms with E-state index >= 15 is 0 Å². The van der Waals surface area contributed by atoms with E-state index in [9.17, 15) is 0 Å². The van der Waals surface area contributed by atoms with E-state index in [0.29, 0.717) is 5.92 Å². The van der Waals surface area contributed by atoms with Gasteiger partial charge in [-0.05, 0) is 44.7 Å². The Morgan fingerprint density at radius 1 is 1.10 bits per heavy atom. The monoisotopic (exact) mass is 267 g/mol. The Balaban J connectivity index is 1.93. The molecule has 3 rings (SSSR count). The highest BCUT2D eigenvalue weighted by Crippen LogP contribution is 2.33. The van der Waals surface area contributed by atoms with Crippen molar-refractivity contribution in [1.82, 2.24) is 9.97 Å². The minimum Gasteiger partial charge on any atom is -0.370 e. The third kappa shape index (κ3) is 2.28. The van der Waals surface area contributed by atoms with Crippen molar-refractivity contribution >= 4 is 5.82 Å². The molecule has 0 saturated heterocycles. The fourth-order valence-electron chi connectivity index (χ4n) is 2.91. The van der Waals surface area contributed by atoms with Gasteiger partial charge in [0.15, 0.2) is 0 Å². The number of aryl methyl sites for hydroxylation is 1. The molecule has 0 saturated carbocycles. The average molecular weight is 267 g/mol. The summed E-state index contributed by atoms with van der Waals surface area (Å²) < 4.78 is 0. The van der Waals surface area contributed by atoms with Crippen LogP contribution in [0.3, 0.4) is 0 Å². The molecule has 0 bridgehead atoms. The molecule has 20 heavy (non-hydrogen) atoms. The van der Waals surface area contributed by atoms with Gasteiger partial charge < -0.3 is 5.32 Å². The number of anilines is 1. The molecular formula is C17H21N3. The fraction of sp³-hybridized carbons (Fsp3) is 0.412. The molecule has 1 aliphatic rings. The first-order valence-corrected chi connectivity index (χ1v) is 7.34. The molecule has 3 heteroatoms. The Hall–Kier alpha value is -1.90. The number of fused-ring (bicyclic) bond motifs is 1. The average Bonchev–Trinajstić information content (AvgIpc) is 2.87. The van der Waals surface area contributed by atoms with E-state index in [4.69, 9.17) is 9.97 Å². The summed E-state index contributed by atoms with van der Waals surface area (Å²) in [6.07, 6.45) is 2.12. The van der Waals surface area contributed by atoms with Crippen molar-refractivity contribution < 1.29 is 0 Å². The van der Waals surface area contributed by atoms with Crippen molar-refractivity contribution in [2.45, 2.75) is 39.5 Å². The summed E-state index contributed by atoms with van der Waals surface area (Å²) in [5.41, 5.74) is 5.14. The van der Waals surface area contributed by atoms with E-state index in [-0.39, 0.29) is 0 Å². The Morgan fingerprint density at radius 2 is 1.75 bits per heavy atom. The maximum atomic E-state index is 4.77. The highest BCUT2D eigenvalue weighted by atomic mass is 15.0. The minimum absolute atomic E-state index is 0.420. The Labute approximate surface area is 120 Å². The van der Waals surface area contributed by atoms with Gasteiger partial charge in [0.2, 0.25) is 0 Å². The lowest BCUT2D eigenvalue weighted by Crippen LogP contribution is -2.11. The number of nitrogens with zero attached hydrogens (tertiary/aromatic N) is 2. The molecule has 1 aromatic carbocycles. The van der Waals surface area contributed by atoms with Gasteiger partial charge in [0.05, 0.1) is 0 Å². The molecule has 0 amide bonds. The third-order valence-corrected chi connectivity index (χ3v) is 4.17. The van der Waals surface area contributed by atoms with E-state index in [2.05, 4.69) is 50.4 Å². The van der Waals surface area contributed by atoms with Crippen LogP contribution in [0.4, 0.5) is 5.82 Å². The van der Waals surface area contributed by atoms with Crippen molar-refractivity contribution in [1.29, 1.82) is 0 Å². The zero-order valence-electron chi connectivity index (χ0n) is 12.4. The van der Waals surface area contributed by atoms with Crippen molar-refractivity contribution in [3.8, 4) is 0 Å². The van der Waals surface area contributed by atoms with E-state index < -0.39 is 0 Å². The van der Waals surface area contributed by atoms with E-state index in [1.54, 1.807) is 0 Å². The molecule has 0 fully saturated rings. The second-order valence-electron chi connectivity index (χ2n) is 5.55. The number of hydrogen-bond acceptors (Lipinski definition) is 3. The molecule has 3 nitrogen and oxygen atoms in total. The molecule has 1 N–H and O–H groups in total. The van der Waals surface area contributed by atoms with Crippen LogP contribution >= 0.6 is 0 Å². The van der Waals surface area contributed by atoms with Crippen molar-refractivity contribution in [2.75, 3.05) is 11.9 Å². The molecule has 104 valence electrons. The molecule has 2 aromatic rings. The quantitative estimate of drug-likeness (QED) is 0.926. The van der Waals surface area contributed by atoms with Gasteiger partial charge in [-0.3, -0.25) is 0 Å². The number of hydrogen-bond donors (Lipinski definition) is 1. The van der Waals surface area contributed by atoms with Gasteiger partial charge in [-0.15, -0.1) is 0 Å². The second-order valence-corrected chi connectivity index (χ2v) is 5.55. The Morgan fingerprint density at radius 3 is 2.35 bits per heavy atom. The van der Waals surface area contributed by atoms with Crippen molar-refractivity contribution in [3.63, 3.8) is 0 Å². The number of benzene rings is 1. The first-order chi connectivity index (χ1) is 9.69. The van der Waals surface area contributed by atoms with E-state index in [1.165, 1.54) is 11.1 Å². The first kappa shape index (κ1) is 13.1. The van der Waals surface area contributed by atoms with Crippen LogP contribution in [0.15, 0.2) is 24.3 Å². The molecule has 0 atom stereocenters. The summed E-state index contributed by atoms with van der Waals surface area (Å²) in [7, 11) is 0. The highest BCUT2D eigenvalue weighted by molar-refractivity contribution is 5.46. The van der Waals surface area contributed by atoms with Gasteiger partial charge in [0, 0.05) is 23.7 Å². The Bertz CT molecular complexity index is 609. The van der Waals surface area contributed by atoms with Gasteiger partial charge in [0.25, 0.3) is 0 Å². The molecular weight excluding hydrogens is 246 g/mol.